The molecule has 1 aromatic heterocycles. The van der Waals surface area contributed by atoms with Gasteiger partial charge in [-0.05, 0) is 25.1 Å². The Morgan fingerprint density at radius 2 is 1.88 bits per heavy atom. The van der Waals surface area contributed by atoms with Gasteiger partial charge in [0.1, 0.15) is 23.7 Å². The lowest BCUT2D eigenvalue weighted by atomic mass is 10.1. The molecule has 11 heteroatoms. The summed E-state index contributed by atoms with van der Waals surface area (Å²) in [6.07, 6.45) is -4.25. The van der Waals surface area contributed by atoms with Crippen molar-refractivity contribution < 1.29 is 36.9 Å². The van der Waals surface area contributed by atoms with E-state index in [1.54, 1.807) is 18.3 Å². The second-order valence-electron chi connectivity index (χ2n) is 7.43. The number of carbonyl (C=O) groups excluding carboxylic acids is 1. The van der Waals surface area contributed by atoms with Crippen molar-refractivity contribution in [1.82, 2.24) is 15.6 Å². The van der Waals surface area contributed by atoms with Crippen LogP contribution in [0.3, 0.4) is 0 Å². The van der Waals surface area contributed by atoms with Crippen LogP contribution in [-0.2, 0) is 16.0 Å². The third-order valence-electron chi connectivity index (χ3n) is 5.20. The van der Waals surface area contributed by atoms with Crippen molar-refractivity contribution in [2.45, 2.75) is 44.2 Å². The van der Waals surface area contributed by atoms with Crippen molar-refractivity contribution in [2.24, 2.45) is 0 Å². The van der Waals surface area contributed by atoms with Crippen molar-refractivity contribution in [3.8, 4) is 11.5 Å². The lowest BCUT2D eigenvalue weighted by Crippen LogP contribution is -2.48. The van der Waals surface area contributed by atoms with Gasteiger partial charge >= 0.3 is 12.4 Å². The Hall–Kier alpha value is -3.05. The SMILES string of the molecule is Cc1ncccc1O[C@H]1CO[C@H]2[C@@H]1OC[C@@H]2NC(=O)NCc1ccccc1OC(F)(F)F. The van der Waals surface area contributed by atoms with Gasteiger partial charge in [0.15, 0.2) is 6.10 Å². The molecule has 2 amide bonds. The molecule has 2 aliphatic rings. The zero-order valence-corrected chi connectivity index (χ0v) is 17.1. The van der Waals surface area contributed by atoms with Gasteiger partial charge in [0.05, 0.1) is 24.9 Å². The van der Waals surface area contributed by atoms with Gasteiger partial charge in [-0.3, -0.25) is 4.98 Å². The summed E-state index contributed by atoms with van der Waals surface area (Å²) in [5.74, 6) is 0.272. The van der Waals surface area contributed by atoms with E-state index in [-0.39, 0.29) is 36.7 Å². The number of fused-ring (bicyclic) bond motifs is 1. The van der Waals surface area contributed by atoms with Gasteiger partial charge in [-0.25, -0.2) is 4.79 Å². The number of hydrogen-bond acceptors (Lipinski definition) is 6. The Labute approximate surface area is 182 Å². The molecule has 172 valence electrons. The molecule has 4 rings (SSSR count). The highest BCUT2D eigenvalue weighted by molar-refractivity contribution is 5.74. The molecule has 2 saturated heterocycles. The maximum absolute atomic E-state index is 12.5. The standard InChI is InChI=1S/C21H22F3N3O5/c1-12-15(7-4-8-25-12)31-17-11-30-18-14(10-29-19(17)18)27-20(28)26-9-13-5-2-3-6-16(13)32-21(22,23)24/h2-8,14,17-19H,9-11H2,1H3,(H2,26,27,28)/t14-,17-,18+,19+/m0/s1. The van der Waals surface area contributed by atoms with Crippen LogP contribution in [0.4, 0.5) is 18.0 Å². The first kappa shape index (κ1) is 22.2. The third-order valence-corrected chi connectivity index (χ3v) is 5.20. The van der Waals surface area contributed by atoms with Crippen LogP contribution in [0.15, 0.2) is 42.6 Å². The molecule has 2 aromatic rings. The minimum Gasteiger partial charge on any atom is -0.483 e. The van der Waals surface area contributed by atoms with Crippen LogP contribution in [0.2, 0.25) is 0 Å². The molecule has 0 aliphatic carbocycles. The van der Waals surface area contributed by atoms with E-state index in [0.717, 1.165) is 5.69 Å². The summed E-state index contributed by atoms with van der Waals surface area (Å²) in [5.41, 5.74) is 0.940. The van der Waals surface area contributed by atoms with Crippen molar-refractivity contribution in [1.29, 1.82) is 0 Å². The van der Waals surface area contributed by atoms with Crippen LogP contribution in [0, 0.1) is 6.92 Å². The van der Waals surface area contributed by atoms with E-state index in [0.29, 0.717) is 12.4 Å². The predicted octanol–water partition coefficient (Wildman–Crippen LogP) is 2.70. The minimum atomic E-state index is -4.82. The van der Waals surface area contributed by atoms with Crippen molar-refractivity contribution in [2.75, 3.05) is 13.2 Å². The van der Waals surface area contributed by atoms with Gasteiger partial charge in [-0.1, -0.05) is 18.2 Å². The number of carbonyl (C=O) groups is 1. The Kier molecular flexibility index (Phi) is 6.38. The number of alkyl halides is 3. The van der Waals surface area contributed by atoms with Gasteiger partial charge in [-0.15, -0.1) is 13.2 Å². The molecule has 0 saturated carbocycles. The normalized spacial score (nSPS) is 24.6. The van der Waals surface area contributed by atoms with E-state index < -0.39 is 24.5 Å². The first-order chi connectivity index (χ1) is 15.3. The lowest BCUT2D eigenvalue weighted by Gasteiger charge is -2.19. The van der Waals surface area contributed by atoms with Crippen LogP contribution in [0.1, 0.15) is 11.3 Å². The van der Waals surface area contributed by atoms with Crippen molar-refractivity contribution >= 4 is 6.03 Å². The summed E-state index contributed by atoms with van der Waals surface area (Å²) in [7, 11) is 0. The number of para-hydroxylation sites is 1. The second kappa shape index (κ2) is 9.21. The molecule has 1 aromatic carbocycles. The summed E-state index contributed by atoms with van der Waals surface area (Å²) in [6, 6.07) is 8.22. The molecule has 2 fully saturated rings. The summed E-state index contributed by atoms with van der Waals surface area (Å²) in [6.45, 7) is 2.21. The van der Waals surface area contributed by atoms with Crippen LogP contribution >= 0.6 is 0 Å². The zero-order chi connectivity index (χ0) is 22.7. The molecule has 2 N–H and O–H groups in total. The van der Waals surface area contributed by atoms with E-state index in [4.69, 9.17) is 14.2 Å². The Balaban J connectivity index is 1.30. The second-order valence-corrected chi connectivity index (χ2v) is 7.43. The number of halogens is 3. The fraction of sp³-hybridized carbons (Fsp3) is 0.429. The number of pyridine rings is 1. The number of amides is 2. The fourth-order valence-corrected chi connectivity index (χ4v) is 3.72. The smallest absolute Gasteiger partial charge is 0.483 e. The zero-order valence-electron chi connectivity index (χ0n) is 17.1. The number of hydrogen-bond donors (Lipinski definition) is 2. The van der Waals surface area contributed by atoms with Gasteiger partial charge in [0.25, 0.3) is 0 Å². The number of ether oxygens (including phenoxy) is 4. The number of urea groups is 1. The van der Waals surface area contributed by atoms with Crippen LogP contribution < -0.4 is 20.1 Å². The highest BCUT2D eigenvalue weighted by Gasteiger charge is 2.49. The summed E-state index contributed by atoms with van der Waals surface area (Å²) in [4.78, 5) is 16.5. The molecule has 0 radical (unpaired) electrons. The monoisotopic (exact) mass is 453 g/mol. The van der Waals surface area contributed by atoms with E-state index in [1.165, 1.54) is 18.2 Å². The molecule has 8 nitrogen and oxygen atoms in total. The van der Waals surface area contributed by atoms with Gasteiger partial charge < -0.3 is 29.6 Å². The van der Waals surface area contributed by atoms with Crippen LogP contribution in [0.25, 0.3) is 0 Å². The van der Waals surface area contributed by atoms with Gasteiger partial charge in [0, 0.05) is 18.3 Å². The average molecular weight is 453 g/mol. The van der Waals surface area contributed by atoms with Crippen LogP contribution in [0.5, 0.6) is 11.5 Å². The predicted molar refractivity (Wildman–Crippen MR) is 105 cm³/mol. The van der Waals surface area contributed by atoms with E-state index >= 15 is 0 Å². The molecule has 32 heavy (non-hydrogen) atoms. The summed E-state index contributed by atoms with van der Waals surface area (Å²) < 4.78 is 59.2. The summed E-state index contributed by atoms with van der Waals surface area (Å²) in [5, 5.41) is 5.30. The largest absolute Gasteiger partial charge is 0.573 e. The number of aryl methyl sites for hydroxylation is 1. The highest BCUT2D eigenvalue weighted by atomic mass is 19.4. The lowest BCUT2D eigenvalue weighted by molar-refractivity contribution is -0.274. The van der Waals surface area contributed by atoms with E-state index in [9.17, 15) is 18.0 Å². The van der Waals surface area contributed by atoms with Gasteiger partial charge in [0.2, 0.25) is 0 Å². The average Bonchev–Trinajstić information content (AvgIpc) is 3.31. The topological polar surface area (TPSA) is 90.9 Å². The number of aromatic nitrogens is 1. The molecule has 0 bridgehead atoms. The van der Waals surface area contributed by atoms with E-state index in [1.807, 2.05) is 13.0 Å². The molecule has 0 unspecified atom stereocenters. The first-order valence-electron chi connectivity index (χ1n) is 9.99. The maximum Gasteiger partial charge on any atom is 0.573 e. The Morgan fingerprint density at radius 3 is 2.66 bits per heavy atom. The number of benzene rings is 1. The molecular weight excluding hydrogens is 431 g/mol. The number of rotatable bonds is 6. The summed E-state index contributed by atoms with van der Waals surface area (Å²) >= 11 is 0. The molecular formula is C21H22F3N3O5. The maximum atomic E-state index is 12.5. The Bertz CT molecular complexity index is 958. The van der Waals surface area contributed by atoms with Gasteiger partial charge in [-0.2, -0.15) is 0 Å². The van der Waals surface area contributed by atoms with E-state index in [2.05, 4.69) is 20.4 Å². The Morgan fingerprint density at radius 1 is 1.12 bits per heavy atom. The van der Waals surface area contributed by atoms with Crippen molar-refractivity contribution in [3.05, 3.63) is 53.9 Å². The number of nitrogens with one attached hydrogen (secondary N) is 2. The highest BCUT2D eigenvalue weighted by Crippen LogP contribution is 2.31. The number of nitrogens with zero attached hydrogens (tertiary/aromatic N) is 1. The first-order valence-corrected chi connectivity index (χ1v) is 9.99. The molecule has 3 heterocycles. The molecule has 4 atom stereocenters. The van der Waals surface area contributed by atoms with Crippen LogP contribution in [-0.4, -0.2) is 54.9 Å². The van der Waals surface area contributed by atoms with Crippen molar-refractivity contribution in [3.63, 3.8) is 0 Å². The third kappa shape index (κ3) is 5.22. The fourth-order valence-electron chi connectivity index (χ4n) is 3.72. The minimum absolute atomic E-state index is 0.146. The quantitative estimate of drug-likeness (QED) is 0.699. The molecule has 0 spiro atoms. The molecule has 2 aliphatic heterocycles.